The lowest BCUT2D eigenvalue weighted by Crippen LogP contribution is -2.42. The van der Waals surface area contributed by atoms with Crippen LogP contribution in [0, 0.1) is 0 Å². The number of nitrogens with zero attached hydrogens (tertiary/aromatic N) is 1. The molecule has 1 aliphatic rings. The summed E-state index contributed by atoms with van der Waals surface area (Å²) in [4.78, 5) is 2.59. The average molecular weight is 294 g/mol. The van der Waals surface area contributed by atoms with Crippen LogP contribution in [0.1, 0.15) is 24.8 Å². The van der Waals surface area contributed by atoms with Crippen LogP contribution < -0.4 is 10.5 Å². The number of likely N-dealkylation sites (N-methyl/N-ethyl adjacent to an activating group) is 1. The molecule has 0 spiro atoms. The first kappa shape index (κ1) is 15.2. The first-order valence-corrected chi connectivity index (χ1v) is 7.38. The Kier molecular flexibility index (Phi) is 5.34. The molecule has 1 aromatic rings. The van der Waals surface area contributed by atoms with Gasteiger partial charge in [0.2, 0.25) is 0 Å². The summed E-state index contributed by atoms with van der Waals surface area (Å²) in [5, 5.41) is 9.98. The second kappa shape index (κ2) is 7.02. The van der Waals surface area contributed by atoms with Gasteiger partial charge < -0.3 is 20.5 Å². The Morgan fingerprint density at radius 2 is 2.10 bits per heavy atom. The Morgan fingerprint density at radius 1 is 1.45 bits per heavy atom. The number of thiocarbonyl (C=S) groups is 1. The third-order valence-electron chi connectivity index (χ3n) is 3.78. The normalized spacial score (nSPS) is 16.8. The van der Waals surface area contributed by atoms with Crippen molar-refractivity contribution in [1.29, 1.82) is 0 Å². The second-order valence-corrected chi connectivity index (χ2v) is 5.82. The number of ether oxygens (including phenoxy) is 1. The zero-order valence-electron chi connectivity index (χ0n) is 11.8. The molecule has 0 aromatic heterocycles. The molecule has 110 valence electrons. The molecule has 1 atom stereocenters. The fourth-order valence-corrected chi connectivity index (χ4v) is 2.41. The van der Waals surface area contributed by atoms with Gasteiger partial charge in [-0.05, 0) is 44.2 Å². The molecule has 0 saturated heterocycles. The number of aliphatic hydroxyl groups excluding tert-OH is 1. The van der Waals surface area contributed by atoms with Crippen LogP contribution in [0.2, 0.25) is 0 Å². The first-order valence-electron chi connectivity index (χ1n) is 6.97. The Bertz CT molecular complexity index is 446. The van der Waals surface area contributed by atoms with E-state index in [4.69, 9.17) is 22.7 Å². The molecular weight excluding hydrogens is 272 g/mol. The van der Waals surface area contributed by atoms with Gasteiger partial charge in [-0.3, -0.25) is 0 Å². The van der Waals surface area contributed by atoms with E-state index >= 15 is 0 Å². The number of rotatable bonds is 7. The molecule has 4 nitrogen and oxygen atoms in total. The lowest BCUT2D eigenvalue weighted by molar-refractivity contribution is 0.0476. The number of hydrogen-bond acceptors (Lipinski definition) is 4. The molecular formula is C15H22N2O2S. The SMILES string of the molecule is CN(CC(O)COc1ccc(C(N)=S)cc1)C1CCC1. The molecule has 20 heavy (non-hydrogen) atoms. The summed E-state index contributed by atoms with van der Waals surface area (Å²) < 4.78 is 5.57. The van der Waals surface area contributed by atoms with E-state index in [0.717, 1.165) is 11.3 Å². The molecule has 0 aliphatic heterocycles. The molecule has 0 radical (unpaired) electrons. The minimum Gasteiger partial charge on any atom is -0.491 e. The summed E-state index contributed by atoms with van der Waals surface area (Å²) >= 11 is 4.89. The van der Waals surface area contributed by atoms with Gasteiger partial charge in [0.05, 0.1) is 0 Å². The molecule has 1 aliphatic carbocycles. The van der Waals surface area contributed by atoms with Crippen LogP contribution >= 0.6 is 12.2 Å². The Labute approximate surface area is 125 Å². The highest BCUT2D eigenvalue weighted by molar-refractivity contribution is 7.80. The molecule has 0 bridgehead atoms. The Hall–Kier alpha value is -1.17. The van der Waals surface area contributed by atoms with Crippen LogP contribution in [-0.4, -0.2) is 47.3 Å². The van der Waals surface area contributed by atoms with Crippen LogP contribution in [0.25, 0.3) is 0 Å². The van der Waals surface area contributed by atoms with Crippen molar-refractivity contribution in [3.63, 3.8) is 0 Å². The maximum absolute atomic E-state index is 9.98. The lowest BCUT2D eigenvalue weighted by atomic mass is 9.92. The van der Waals surface area contributed by atoms with Crippen molar-refractivity contribution in [2.45, 2.75) is 31.4 Å². The maximum atomic E-state index is 9.98. The minimum absolute atomic E-state index is 0.295. The largest absolute Gasteiger partial charge is 0.491 e. The highest BCUT2D eigenvalue weighted by Crippen LogP contribution is 2.23. The number of hydrogen-bond donors (Lipinski definition) is 2. The Morgan fingerprint density at radius 3 is 2.60 bits per heavy atom. The third kappa shape index (κ3) is 4.16. The van der Waals surface area contributed by atoms with Gasteiger partial charge in [-0.1, -0.05) is 18.6 Å². The summed E-state index contributed by atoms with van der Waals surface area (Å²) in [5.41, 5.74) is 6.35. The maximum Gasteiger partial charge on any atom is 0.119 e. The summed E-state index contributed by atoms with van der Waals surface area (Å²) in [6, 6.07) is 7.91. The van der Waals surface area contributed by atoms with Crippen LogP contribution in [0.5, 0.6) is 5.75 Å². The van der Waals surface area contributed by atoms with E-state index in [9.17, 15) is 5.11 Å². The molecule has 1 unspecified atom stereocenters. The molecule has 1 saturated carbocycles. The van der Waals surface area contributed by atoms with Gasteiger partial charge in [-0.25, -0.2) is 0 Å². The summed E-state index contributed by atoms with van der Waals surface area (Å²) in [5.74, 6) is 0.718. The number of benzene rings is 1. The van der Waals surface area contributed by atoms with Crippen molar-refractivity contribution in [1.82, 2.24) is 4.90 Å². The molecule has 0 heterocycles. The van der Waals surface area contributed by atoms with Crippen LogP contribution in [0.3, 0.4) is 0 Å². The van der Waals surface area contributed by atoms with Crippen molar-refractivity contribution >= 4 is 17.2 Å². The van der Waals surface area contributed by atoms with E-state index in [2.05, 4.69) is 11.9 Å². The van der Waals surface area contributed by atoms with E-state index in [1.54, 1.807) is 0 Å². The highest BCUT2D eigenvalue weighted by atomic mass is 32.1. The highest BCUT2D eigenvalue weighted by Gasteiger charge is 2.23. The molecule has 0 amide bonds. The predicted octanol–water partition coefficient (Wildman–Crippen LogP) is 1.54. The standard InChI is InChI=1S/C15H22N2O2S/c1-17(12-3-2-4-12)9-13(18)10-19-14-7-5-11(6-8-14)15(16)20/h5-8,12-13,18H,2-4,9-10H2,1H3,(H2,16,20). The van der Waals surface area contributed by atoms with E-state index in [1.807, 2.05) is 24.3 Å². The molecule has 1 fully saturated rings. The first-order chi connectivity index (χ1) is 9.56. The van der Waals surface area contributed by atoms with Crippen molar-refractivity contribution in [2.24, 2.45) is 5.73 Å². The minimum atomic E-state index is -0.476. The molecule has 2 rings (SSSR count). The van der Waals surface area contributed by atoms with Crippen molar-refractivity contribution in [2.75, 3.05) is 20.2 Å². The zero-order chi connectivity index (χ0) is 14.5. The van der Waals surface area contributed by atoms with Gasteiger partial charge in [0.1, 0.15) is 23.4 Å². The van der Waals surface area contributed by atoms with Crippen molar-refractivity contribution < 1.29 is 9.84 Å². The molecule has 3 N–H and O–H groups in total. The predicted molar refractivity (Wildman–Crippen MR) is 84.1 cm³/mol. The summed E-state index contributed by atoms with van der Waals surface area (Å²) in [7, 11) is 2.06. The zero-order valence-corrected chi connectivity index (χ0v) is 12.6. The monoisotopic (exact) mass is 294 g/mol. The van der Waals surface area contributed by atoms with E-state index in [1.165, 1.54) is 19.3 Å². The summed E-state index contributed by atoms with van der Waals surface area (Å²) in [6.45, 7) is 0.944. The van der Waals surface area contributed by atoms with Crippen LogP contribution in [0.4, 0.5) is 0 Å². The van der Waals surface area contributed by atoms with Gasteiger partial charge in [0, 0.05) is 18.2 Å². The summed E-state index contributed by atoms with van der Waals surface area (Å²) in [6.07, 6.45) is 3.31. The second-order valence-electron chi connectivity index (χ2n) is 5.38. The van der Waals surface area contributed by atoms with Gasteiger partial charge in [0.25, 0.3) is 0 Å². The van der Waals surface area contributed by atoms with Crippen molar-refractivity contribution in [3.8, 4) is 5.75 Å². The van der Waals surface area contributed by atoms with Gasteiger partial charge >= 0.3 is 0 Å². The lowest BCUT2D eigenvalue weighted by Gasteiger charge is -2.35. The fraction of sp³-hybridized carbons (Fsp3) is 0.533. The van der Waals surface area contributed by atoms with Gasteiger partial charge in [0.15, 0.2) is 0 Å². The van der Waals surface area contributed by atoms with Gasteiger partial charge in [-0.15, -0.1) is 0 Å². The molecule has 1 aromatic carbocycles. The number of aliphatic hydroxyl groups is 1. The van der Waals surface area contributed by atoms with E-state index < -0.39 is 6.10 Å². The van der Waals surface area contributed by atoms with Crippen molar-refractivity contribution in [3.05, 3.63) is 29.8 Å². The van der Waals surface area contributed by atoms with E-state index in [-0.39, 0.29) is 0 Å². The van der Waals surface area contributed by atoms with E-state index in [0.29, 0.717) is 24.2 Å². The quantitative estimate of drug-likeness (QED) is 0.747. The Balaban J connectivity index is 1.74. The third-order valence-corrected chi connectivity index (χ3v) is 4.01. The molecule has 5 heteroatoms. The smallest absolute Gasteiger partial charge is 0.119 e. The van der Waals surface area contributed by atoms with Crippen LogP contribution in [-0.2, 0) is 0 Å². The number of nitrogens with two attached hydrogens (primary N) is 1. The van der Waals surface area contributed by atoms with Gasteiger partial charge in [-0.2, -0.15) is 0 Å². The average Bonchev–Trinajstić information content (AvgIpc) is 2.34. The fourth-order valence-electron chi connectivity index (χ4n) is 2.27. The topological polar surface area (TPSA) is 58.7 Å². The van der Waals surface area contributed by atoms with Crippen LogP contribution in [0.15, 0.2) is 24.3 Å².